The fraction of sp³-hybridized carbons (Fsp3) is 0.217. The molecule has 148 valence electrons. The van der Waals surface area contributed by atoms with Crippen LogP contribution in [0, 0.1) is 12.9 Å². The molecule has 0 fully saturated rings. The summed E-state index contributed by atoms with van der Waals surface area (Å²) in [6.45, 7) is 2.01. The largest absolute Gasteiger partial charge is 0.387 e. The average Bonchev–Trinajstić information content (AvgIpc) is 3.20. The molecule has 0 saturated heterocycles. The molecule has 0 unspecified atom stereocenters. The Morgan fingerprint density at radius 1 is 1.03 bits per heavy atom. The molecule has 6 heteroatoms. The molecule has 0 spiro atoms. The molecule has 2 aromatic carbocycles. The quantitative estimate of drug-likeness (QED) is 0.451. The average molecular weight is 408 g/mol. The van der Waals surface area contributed by atoms with Crippen LogP contribution in [0.25, 0.3) is 21.2 Å². The number of aryl methyl sites for hydroxylation is 2. The van der Waals surface area contributed by atoms with Gasteiger partial charge < -0.3 is 10.8 Å². The van der Waals surface area contributed by atoms with E-state index in [4.69, 9.17) is 5.73 Å². The zero-order valence-electron chi connectivity index (χ0n) is 16.0. The highest BCUT2D eigenvalue weighted by Gasteiger charge is 2.17. The summed E-state index contributed by atoms with van der Waals surface area (Å²) in [6.07, 6.45) is 4.00. The number of nitrogens with two attached hydrogens (primary N) is 1. The van der Waals surface area contributed by atoms with Crippen LogP contribution >= 0.6 is 11.3 Å². The van der Waals surface area contributed by atoms with Gasteiger partial charge in [-0.15, -0.1) is 11.3 Å². The Labute approximate surface area is 172 Å². The van der Waals surface area contributed by atoms with Crippen molar-refractivity contribution in [1.29, 1.82) is 0 Å². The molecule has 2 heterocycles. The molecule has 0 radical (unpaired) electrons. The lowest BCUT2D eigenvalue weighted by molar-refractivity contribution is 0.142. The van der Waals surface area contributed by atoms with E-state index in [1.54, 1.807) is 11.3 Å². The number of aromatic nitrogens is 2. The molecule has 0 saturated carbocycles. The van der Waals surface area contributed by atoms with E-state index in [9.17, 15) is 9.50 Å². The number of nitrogens with zero attached hydrogens (tertiary/aromatic N) is 2. The second kappa shape index (κ2) is 8.37. The van der Waals surface area contributed by atoms with Gasteiger partial charge in [0.25, 0.3) is 0 Å². The van der Waals surface area contributed by atoms with Crippen LogP contribution in [0.2, 0.25) is 0 Å². The summed E-state index contributed by atoms with van der Waals surface area (Å²) >= 11 is 1.59. The van der Waals surface area contributed by atoms with E-state index < -0.39 is 12.1 Å². The summed E-state index contributed by atoms with van der Waals surface area (Å²) in [6, 6.07) is 14.7. The molecular formula is C23H22FN3OS. The van der Waals surface area contributed by atoms with Gasteiger partial charge >= 0.3 is 0 Å². The Morgan fingerprint density at radius 3 is 2.62 bits per heavy atom. The molecule has 0 aliphatic heterocycles. The number of hydrogen-bond donors (Lipinski definition) is 2. The maximum Gasteiger partial charge on any atom is 0.213 e. The van der Waals surface area contributed by atoms with Gasteiger partial charge in [0.1, 0.15) is 0 Å². The van der Waals surface area contributed by atoms with Gasteiger partial charge in [-0.2, -0.15) is 4.39 Å². The first-order valence-corrected chi connectivity index (χ1v) is 10.3. The molecule has 4 rings (SSSR count). The normalized spacial score (nSPS) is 13.5. The topological polar surface area (TPSA) is 72.0 Å². The molecule has 2 atom stereocenters. The van der Waals surface area contributed by atoms with Crippen molar-refractivity contribution in [2.45, 2.75) is 31.9 Å². The summed E-state index contributed by atoms with van der Waals surface area (Å²) in [4.78, 5) is 9.21. The van der Waals surface area contributed by atoms with Gasteiger partial charge in [-0.05, 0) is 35.9 Å². The molecule has 4 aromatic rings. The van der Waals surface area contributed by atoms with Gasteiger partial charge in [0.15, 0.2) is 0 Å². The summed E-state index contributed by atoms with van der Waals surface area (Å²) < 4.78 is 13.4. The highest BCUT2D eigenvalue weighted by Crippen LogP contribution is 2.30. The number of aliphatic hydroxyl groups excluding tert-OH is 1. The first-order chi connectivity index (χ1) is 14.0. The minimum Gasteiger partial charge on any atom is -0.387 e. The van der Waals surface area contributed by atoms with E-state index in [0.717, 1.165) is 37.3 Å². The molecule has 0 aliphatic carbocycles. The number of aliphatic hydroxyl groups is 1. The maximum atomic E-state index is 13.4. The molecule has 0 aliphatic rings. The monoisotopic (exact) mass is 407 g/mol. The Hall–Kier alpha value is -2.67. The molecule has 0 amide bonds. The lowest BCUT2D eigenvalue weighted by Gasteiger charge is -2.18. The SMILES string of the molecule is Cc1ccc([C@@H](O)[C@H](N)CCc2ncc(-c3ccc4cnc(F)cc4c3)s2)cc1. The van der Waals surface area contributed by atoms with Crippen LogP contribution in [0.3, 0.4) is 0 Å². The molecule has 29 heavy (non-hydrogen) atoms. The Balaban J connectivity index is 1.43. The smallest absolute Gasteiger partial charge is 0.213 e. The predicted molar refractivity (Wildman–Crippen MR) is 115 cm³/mol. The minimum absolute atomic E-state index is 0.360. The van der Waals surface area contributed by atoms with E-state index >= 15 is 0 Å². The van der Waals surface area contributed by atoms with Crippen molar-refractivity contribution in [3.63, 3.8) is 0 Å². The first-order valence-electron chi connectivity index (χ1n) is 9.50. The number of halogens is 1. The highest BCUT2D eigenvalue weighted by molar-refractivity contribution is 7.15. The van der Waals surface area contributed by atoms with Crippen LogP contribution in [0.4, 0.5) is 4.39 Å². The highest BCUT2D eigenvalue weighted by atomic mass is 32.1. The number of pyridine rings is 1. The number of thiazole rings is 1. The Bertz CT molecular complexity index is 1130. The first kappa shape index (κ1) is 19.6. The van der Waals surface area contributed by atoms with Gasteiger partial charge in [-0.3, -0.25) is 0 Å². The number of fused-ring (bicyclic) bond motifs is 1. The fourth-order valence-electron chi connectivity index (χ4n) is 3.29. The molecule has 2 aromatic heterocycles. The second-order valence-electron chi connectivity index (χ2n) is 7.25. The van der Waals surface area contributed by atoms with Gasteiger partial charge in [-0.1, -0.05) is 42.0 Å². The Kier molecular flexibility index (Phi) is 5.67. The predicted octanol–water partition coefficient (Wildman–Crippen LogP) is 4.80. The lowest BCUT2D eigenvalue weighted by atomic mass is 9.98. The molecule has 0 bridgehead atoms. The minimum atomic E-state index is -0.695. The van der Waals surface area contributed by atoms with E-state index in [0.29, 0.717) is 12.8 Å². The zero-order valence-corrected chi connectivity index (χ0v) is 16.9. The van der Waals surface area contributed by atoms with Crippen LogP contribution in [0.15, 0.2) is 60.9 Å². The van der Waals surface area contributed by atoms with E-state index in [1.807, 2.05) is 55.6 Å². The van der Waals surface area contributed by atoms with Gasteiger partial charge in [-0.25, -0.2) is 9.97 Å². The maximum absolute atomic E-state index is 13.4. The van der Waals surface area contributed by atoms with Crippen molar-refractivity contribution >= 4 is 22.1 Å². The second-order valence-corrected chi connectivity index (χ2v) is 8.36. The molecular weight excluding hydrogens is 385 g/mol. The van der Waals surface area contributed by atoms with Gasteiger partial charge in [0.2, 0.25) is 5.95 Å². The van der Waals surface area contributed by atoms with Crippen molar-refractivity contribution in [2.75, 3.05) is 0 Å². The van der Waals surface area contributed by atoms with E-state index in [-0.39, 0.29) is 6.04 Å². The van der Waals surface area contributed by atoms with Crippen LogP contribution in [-0.2, 0) is 6.42 Å². The number of benzene rings is 2. The summed E-state index contributed by atoms with van der Waals surface area (Å²) in [7, 11) is 0. The fourth-order valence-corrected chi connectivity index (χ4v) is 4.21. The van der Waals surface area contributed by atoms with Crippen molar-refractivity contribution in [3.8, 4) is 10.4 Å². The summed E-state index contributed by atoms with van der Waals surface area (Å²) in [5.74, 6) is -0.485. The third-order valence-corrected chi connectivity index (χ3v) is 6.15. The molecule has 4 nitrogen and oxygen atoms in total. The lowest BCUT2D eigenvalue weighted by Crippen LogP contribution is -2.28. The van der Waals surface area contributed by atoms with Gasteiger partial charge in [0.05, 0.1) is 16.0 Å². The third-order valence-electron chi connectivity index (χ3n) is 5.04. The number of hydrogen-bond acceptors (Lipinski definition) is 5. The number of rotatable bonds is 6. The van der Waals surface area contributed by atoms with Crippen molar-refractivity contribution in [2.24, 2.45) is 5.73 Å². The summed E-state index contributed by atoms with van der Waals surface area (Å²) in [5, 5.41) is 13.2. The Morgan fingerprint density at radius 2 is 1.83 bits per heavy atom. The van der Waals surface area contributed by atoms with Crippen molar-refractivity contribution < 1.29 is 9.50 Å². The van der Waals surface area contributed by atoms with E-state index in [1.165, 1.54) is 12.3 Å². The van der Waals surface area contributed by atoms with Crippen LogP contribution in [0.5, 0.6) is 0 Å². The zero-order chi connectivity index (χ0) is 20.4. The van der Waals surface area contributed by atoms with Crippen molar-refractivity contribution in [3.05, 3.63) is 83.0 Å². The van der Waals surface area contributed by atoms with Gasteiger partial charge in [0, 0.05) is 36.3 Å². The summed E-state index contributed by atoms with van der Waals surface area (Å²) in [5.41, 5.74) is 9.20. The van der Waals surface area contributed by atoms with Crippen LogP contribution < -0.4 is 5.73 Å². The van der Waals surface area contributed by atoms with Crippen LogP contribution in [0.1, 0.15) is 28.7 Å². The molecule has 3 N–H and O–H groups in total. The van der Waals surface area contributed by atoms with Crippen molar-refractivity contribution in [1.82, 2.24) is 9.97 Å². The standard InChI is InChI=1S/C23H22FN3OS/c1-14-2-4-15(5-3-14)23(28)19(25)8-9-22-27-13-20(29-22)16-6-7-17-12-26-21(24)11-18(17)10-16/h2-7,10-13,19,23,28H,8-9,25H2,1H3/t19-,23-/m1/s1. The van der Waals surface area contributed by atoms with Crippen LogP contribution in [-0.4, -0.2) is 21.1 Å². The third kappa shape index (κ3) is 4.50. The van der Waals surface area contributed by atoms with E-state index in [2.05, 4.69) is 9.97 Å².